The van der Waals surface area contributed by atoms with E-state index in [9.17, 15) is 4.79 Å². The molecule has 5 nitrogen and oxygen atoms in total. The Morgan fingerprint density at radius 3 is 2.78 bits per heavy atom. The number of rotatable bonds is 3. The lowest BCUT2D eigenvalue weighted by atomic mass is 10.1. The minimum absolute atomic E-state index is 0.00996. The van der Waals surface area contributed by atoms with Crippen molar-refractivity contribution >= 4 is 5.91 Å². The molecule has 0 aliphatic carbocycles. The van der Waals surface area contributed by atoms with Crippen LogP contribution in [0.1, 0.15) is 19.8 Å². The van der Waals surface area contributed by atoms with E-state index >= 15 is 0 Å². The average molecular weight is 251 g/mol. The third-order valence-corrected chi connectivity index (χ3v) is 3.90. The van der Waals surface area contributed by atoms with Gasteiger partial charge in [-0.1, -0.05) is 6.92 Å². The molecule has 0 saturated carbocycles. The number of morpholine rings is 1. The Morgan fingerprint density at radius 2 is 2.17 bits per heavy atom. The van der Waals surface area contributed by atoms with E-state index < -0.39 is 5.92 Å². The van der Waals surface area contributed by atoms with Crippen LogP contribution < -0.4 is 0 Å². The van der Waals surface area contributed by atoms with Crippen LogP contribution in [0.15, 0.2) is 0 Å². The molecule has 2 saturated heterocycles. The number of hydrogen-bond acceptors (Lipinski definition) is 4. The number of hydrogen-bond donors (Lipinski definition) is 0. The molecule has 0 N–H and O–H groups in total. The maximum atomic E-state index is 12.1. The van der Waals surface area contributed by atoms with Crippen molar-refractivity contribution in [1.29, 1.82) is 5.26 Å². The Bertz CT molecular complexity index is 334. The summed E-state index contributed by atoms with van der Waals surface area (Å²) in [6.07, 6.45) is 1.63. The molecule has 0 aromatic carbocycles. The van der Waals surface area contributed by atoms with Crippen molar-refractivity contribution in [3.8, 4) is 6.07 Å². The van der Waals surface area contributed by atoms with Crippen molar-refractivity contribution in [2.45, 2.75) is 25.8 Å². The Morgan fingerprint density at radius 1 is 1.44 bits per heavy atom. The van der Waals surface area contributed by atoms with Gasteiger partial charge in [0.05, 0.1) is 19.3 Å². The van der Waals surface area contributed by atoms with E-state index in [4.69, 9.17) is 10.00 Å². The third kappa shape index (κ3) is 2.82. The van der Waals surface area contributed by atoms with Crippen molar-refractivity contribution < 1.29 is 9.53 Å². The summed E-state index contributed by atoms with van der Waals surface area (Å²) >= 11 is 0. The fourth-order valence-corrected chi connectivity index (χ4v) is 2.72. The molecule has 0 aromatic heterocycles. The Hall–Kier alpha value is -1.12. The zero-order chi connectivity index (χ0) is 13.0. The van der Waals surface area contributed by atoms with Crippen molar-refractivity contribution in [3.63, 3.8) is 0 Å². The zero-order valence-corrected chi connectivity index (χ0v) is 11.0. The number of nitrogens with zero attached hydrogens (tertiary/aromatic N) is 3. The lowest BCUT2D eigenvalue weighted by Gasteiger charge is -2.32. The van der Waals surface area contributed by atoms with E-state index in [1.807, 2.05) is 11.8 Å². The summed E-state index contributed by atoms with van der Waals surface area (Å²) in [7, 11) is 0. The van der Waals surface area contributed by atoms with Gasteiger partial charge >= 0.3 is 0 Å². The first-order valence-corrected chi connectivity index (χ1v) is 6.76. The summed E-state index contributed by atoms with van der Waals surface area (Å²) in [6.45, 7) is 6.96. The summed E-state index contributed by atoms with van der Waals surface area (Å²) in [4.78, 5) is 16.4. The molecule has 2 unspecified atom stereocenters. The molecule has 18 heavy (non-hydrogen) atoms. The molecule has 5 heteroatoms. The lowest BCUT2D eigenvalue weighted by molar-refractivity contribution is -0.133. The van der Waals surface area contributed by atoms with Crippen LogP contribution in [0.25, 0.3) is 0 Å². The highest BCUT2D eigenvalue weighted by Crippen LogP contribution is 2.19. The maximum absolute atomic E-state index is 12.1. The molecular formula is C13H21N3O2. The van der Waals surface area contributed by atoms with Gasteiger partial charge in [-0.15, -0.1) is 0 Å². The van der Waals surface area contributed by atoms with E-state index in [1.165, 1.54) is 0 Å². The van der Waals surface area contributed by atoms with Gasteiger partial charge in [0.2, 0.25) is 5.91 Å². The minimum Gasteiger partial charge on any atom is -0.379 e. The molecule has 0 spiro atoms. The van der Waals surface area contributed by atoms with Gasteiger partial charge in [0.1, 0.15) is 5.92 Å². The summed E-state index contributed by atoms with van der Waals surface area (Å²) in [5, 5.41) is 8.95. The van der Waals surface area contributed by atoms with E-state index in [1.54, 1.807) is 0 Å². The van der Waals surface area contributed by atoms with Gasteiger partial charge in [-0.2, -0.15) is 5.26 Å². The standard InChI is InChI=1S/C13H21N3O2/c1-2-11(9-14)13(17)16-4-3-12(10-16)15-5-7-18-8-6-15/h11-12H,2-8,10H2,1H3. The van der Waals surface area contributed by atoms with Gasteiger partial charge in [-0.3, -0.25) is 9.69 Å². The fraction of sp³-hybridized carbons (Fsp3) is 0.846. The summed E-state index contributed by atoms with van der Waals surface area (Å²) in [5.74, 6) is -0.454. The van der Waals surface area contributed by atoms with Crippen molar-refractivity contribution in [2.24, 2.45) is 5.92 Å². The molecule has 100 valence electrons. The number of carbonyl (C=O) groups is 1. The zero-order valence-electron chi connectivity index (χ0n) is 11.0. The Balaban J connectivity index is 1.87. The molecular weight excluding hydrogens is 230 g/mol. The van der Waals surface area contributed by atoms with Gasteiger partial charge in [0, 0.05) is 32.2 Å². The molecule has 2 atom stereocenters. The molecule has 2 aliphatic heterocycles. The number of amides is 1. The van der Waals surface area contributed by atoms with Crippen LogP contribution in [0, 0.1) is 17.2 Å². The first kappa shape index (κ1) is 13.3. The predicted molar refractivity (Wildman–Crippen MR) is 66.8 cm³/mol. The SMILES string of the molecule is CCC(C#N)C(=O)N1CCC(N2CCOCC2)C1. The van der Waals surface area contributed by atoms with Crippen LogP contribution in [0.3, 0.4) is 0 Å². The molecule has 0 radical (unpaired) electrons. The van der Waals surface area contributed by atoms with Gasteiger partial charge in [-0.25, -0.2) is 0 Å². The van der Waals surface area contributed by atoms with Crippen molar-refractivity contribution in [1.82, 2.24) is 9.80 Å². The van der Waals surface area contributed by atoms with E-state index in [-0.39, 0.29) is 5.91 Å². The number of likely N-dealkylation sites (tertiary alicyclic amines) is 1. The molecule has 1 amide bonds. The van der Waals surface area contributed by atoms with Gasteiger partial charge in [0.25, 0.3) is 0 Å². The van der Waals surface area contributed by atoms with Crippen LogP contribution >= 0.6 is 0 Å². The highest BCUT2D eigenvalue weighted by Gasteiger charge is 2.33. The number of ether oxygens (including phenoxy) is 1. The fourth-order valence-electron chi connectivity index (χ4n) is 2.72. The first-order chi connectivity index (χ1) is 8.76. The second-order valence-corrected chi connectivity index (χ2v) is 4.97. The quantitative estimate of drug-likeness (QED) is 0.731. The molecule has 0 aromatic rings. The maximum Gasteiger partial charge on any atom is 0.239 e. The number of nitriles is 1. The first-order valence-electron chi connectivity index (χ1n) is 6.76. The topological polar surface area (TPSA) is 56.6 Å². The van der Waals surface area contributed by atoms with Gasteiger partial charge in [-0.05, 0) is 12.8 Å². The van der Waals surface area contributed by atoms with Crippen LogP contribution in [0.5, 0.6) is 0 Å². The van der Waals surface area contributed by atoms with Gasteiger partial charge < -0.3 is 9.64 Å². The van der Waals surface area contributed by atoms with Crippen molar-refractivity contribution in [3.05, 3.63) is 0 Å². The van der Waals surface area contributed by atoms with Crippen molar-refractivity contribution in [2.75, 3.05) is 39.4 Å². The normalized spacial score (nSPS) is 26.9. The summed E-state index contributed by atoms with van der Waals surface area (Å²) in [5.41, 5.74) is 0. The molecule has 2 rings (SSSR count). The predicted octanol–water partition coefficient (Wildman–Crippen LogP) is 0.469. The average Bonchev–Trinajstić information content (AvgIpc) is 2.90. The second kappa shape index (κ2) is 6.17. The molecule has 2 fully saturated rings. The van der Waals surface area contributed by atoms with E-state index in [2.05, 4.69) is 11.0 Å². The smallest absolute Gasteiger partial charge is 0.239 e. The molecule has 2 heterocycles. The van der Waals surface area contributed by atoms with Crippen LogP contribution in [-0.2, 0) is 9.53 Å². The molecule has 0 bridgehead atoms. The summed E-state index contributed by atoms with van der Waals surface area (Å²) < 4.78 is 5.34. The van der Waals surface area contributed by atoms with E-state index in [0.29, 0.717) is 12.5 Å². The monoisotopic (exact) mass is 251 g/mol. The van der Waals surface area contributed by atoms with E-state index in [0.717, 1.165) is 45.8 Å². The highest BCUT2D eigenvalue weighted by molar-refractivity contribution is 5.81. The third-order valence-electron chi connectivity index (χ3n) is 3.90. The van der Waals surface area contributed by atoms with Crippen LogP contribution in [-0.4, -0.2) is 61.1 Å². The number of carbonyl (C=O) groups excluding carboxylic acids is 1. The Kier molecular flexibility index (Phi) is 4.56. The van der Waals surface area contributed by atoms with Crippen LogP contribution in [0.4, 0.5) is 0 Å². The minimum atomic E-state index is -0.464. The molecule has 2 aliphatic rings. The Labute approximate surface area is 108 Å². The van der Waals surface area contributed by atoms with Gasteiger partial charge in [0.15, 0.2) is 0 Å². The lowest BCUT2D eigenvalue weighted by Crippen LogP contribution is -2.45. The van der Waals surface area contributed by atoms with Crippen LogP contribution in [0.2, 0.25) is 0 Å². The summed E-state index contributed by atoms with van der Waals surface area (Å²) in [6, 6.07) is 2.55. The largest absolute Gasteiger partial charge is 0.379 e. The second-order valence-electron chi connectivity index (χ2n) is 4.97. The highest BCUT2D eigenvalue weighted by atomic mass is 16.5.